The molecule has 1 atom stereocenters. The molecule has 1 aliphatic carbocycles. The molecule has 0 heterocycles. The normalized spacial score (nSPS) is 24.0. The molecule has 1 aromatic carbocycles. The van der Waals surface area contributed by atoms with Gasteiger partial charge in [0, 0.05) is 10.5 Å². The molecule has 21 heavy (non-hydrogen) atoms. The first-order valence-electron chi connectivity index (χ1n) is 8.04. The van der Waals surface area contributed by atoms with Gasteiger partial charge in [-0.3, -0.25) is 11.3 Å². The molecule has 1 saturated carbocycles. The molecule has 4 heteroatoms. The Bertz CT molecular complexity index is 444. The van der Waals surface area contributed by atoms with E-state index in [4.69, 9.17) is 5.84 Å². The highest BCUT2D eigenvalue weighted by Gasteiger charge is 2.27. The molecule has 0 amide bonds. The van der Waals surface area contributed by atoms with Gasteiger partial charge in [0.2, 0.25) is 0 Å². The second-order valence-electron chi connectivity index (χ2n) is 6.28. The van der Waals surface area contributed by atoms with Crippen LogP contribution in [0, 0.1) is 17.7 Å². The SMILES string of the molecule is CCCC1CCC(C(Cc2cc(Br)ccc2F)NN)CC1. The molecule has 0 radical (unpaired) electrons. The molecule has 2 rings (SSSR count). The summed E-state index contributed by atoms with van der Waals surface area (Å²) >= 11 is 3.41. The Kier molecular flexibility index (Phi) is 6.65. The molecule has 0 spiro atoms. The lowest BCUT2D eigenvalue weighted by Gasteiger charge is -2.33. The number of hydrazine groups is 1. The van der Waals surface area contributed by atoms with E-state index < -0.39 is 0 Å². The monoisotopic (exact) mass is 356 g/mol. The molecule has 1 aromatic rings. The Morgan fingerprint density at radius 2 is 2.05 bits per heavy atom. The number of rotatable bonds is 6. The number of halogens is 2. The van der Waals surface area contributed by atoms with Gasteiger partial charge in [0.15, 0.2) is 0 Å². The van der Waals surface area contributed by atoms with Gasteiger partial charge in [-0.05, 0) is 54.9 Å². The van der Waals surface area contributed by atoms with Gasteiger partial charge in [0.1, 0.15) is 5.82 Å². The first-order chi connectivity index (χ1) is 10.1. The van der Waals surface area contributed by atoms with Gasteiger partial charge < -0.3 is 0 Å². The van der Waals surface area contributed by atoms with Gasteiger partial charge in [0.05, 0.1) is 0 Å². The molecule has 0 saturated heterocycles. The second-order valence-corrected chi connectivity index (χ2v) is 7.20. The van der Waals surface area contributed by atoms with E-state index in [0.717, 1.165) is 16.0 Å². The highest BCUT2D eigenvalue weighted by molar-refractivity contribution is 9.10. The maximum atomic E-state index is 13.9. The van der Waals surface area contributed by atoms with Crippen molar-refractivity contribution in [2.75, 3.05) is 0 Å². The van der Waals surface area contributed by atoms with Crippen LogP contribution in [-0.4, -0.2) is 6.04 Å². The maximum absolute atomic E-state index is 13.9. The lowest BCUT2D eigenvalue weighted by atomic mass is 9.76. The lowest BCUT2D eigenvalue weighted by molar-refractivity contribution is 0.212. The van der Waals surface area contributed by atoms with Crippen molar-refractivity contribution in [1.29, 1.82) is 0 Å². The zero-order valence-electron chi connectivity index (χ0n) is 12.7. The van der Waals surface area contributed by atoms with Crippen LogP contribution in [0.15, 0.2) is 22.7 Å². The lowest BCUT2D eigenvalue weighted by Crippen LogP contribution is -2.43. The largest absolute Gasteiger partial charge is 0.271 e. The van der Waals surface area contributed by atoms with Gasteiger partial charge in [-0.25, -0.2) is 4.39 Å². The van der Waals surface area contributed by atoms with Crippen molar-refractivity contribution in [1.82, 2.24) is 5.43 Å². The van der Waals surface area contributed by atoms with Crippen LogP contribution in [0.1, 0.15) is 51.0 Å². The maximum Gasteiger partial charge on any atom is 0.126 e. The number of nitrogens with one attached hydrogen (secondary N) is 1. The van der Waals surface area contributed by atoms with Crippen molar-refractivity contribution in [3.05, 3.63) is 34.1 Å². The Hall–Kier alpha value is -0.450. The van der Waals surface area contributed by atoms with E-state index in [1.807, 2.05) is 6.07 Å². The third-order valence-corrected chi connectivity index (χ3v) is 5.31. The minimum atomic E-state index is -0.141. The molecule has 0 aliphatic heterocycles. The van der Waals surface area contributed by atoms with E-state index in [0.29, 0.717) is 12.3 Å². The number of hydrogen-bond donors (Lipinski definition) is 2. The van der Waals surface area contributed by atoms with Crippen molar-refractivity contribution >= 4 is 15.9 Å². The van der Waals surface area contributed by atoms with Gasteiger partial charge in [-0.1, -0.05) is 48.5 Å². The summed E-state index contributed by atoms with van der Waals surface area (Å²) in [4.78, 5) is 0. The first-order valence-corrected chi connectivity index (χ1v) is 8.83. The van der Waals surface area contributed by atoms with Crippen LogP contribution in [0.2, 0.25) is 0 Å². The van der Waals surface area contributed by atoms with Crippen molar-refractivity contribution in [3.8, 4) is 0 Å². The molecule has 1 aliphatic rings. The Balaban J connectivity index is 1.96. The molecule has 0 aromatic heterocycles. The molecular weight excluding hydrogens is 331 g/mol. The number of hydrogen-bond acceptors (Lipinski definition) is 2. The smallest absolute Gasteiger partial charge is 0.126 e. The third kappa shape index (κ3) is 4.76. The van der Waals surface area contributed by atoms with Gasteiger partial charge >= 0.3 is 0 Å². The van der Waals surface area contributed by atoms with Crippen molar-refractivity contribution < 1.29 is 4.39 Å². The quantitative estimate of drug-likeness (QED) is 0.578. The van der Waals surface area contributed by atoms with Gasteiger partial charge in [0.25, 0.3) is 0 Å². The Morgan fingerprint density at radius 1 is 1.33 bits per heavy atom. The van der Waals surface area contributed by atoms with E-state index in [1.165, 1.54) is 44.6 Å². The second kappa shape index (κ2) is 8.25. The zero-order chi connectivity index (χ0) is 15.2. The van der Waals surface area contributed by atoms with E-state index >= 15 is 0 Å². The van der Waals surface area contributed by atoms with Crippen LogP contribution in [0.5, 0.6) is 0 Å². The summed E-state index contributed by atoms with van der Waals surface area (Å²) in [5.74, 6) is 7.05. The molecular formula is C17H26BrFN2. The predicted octanol–water partition coefficient (Wildman–Crippen LogP) is 4.57. The number of nitrogens with two attached hydrogens (primary N) is 1. The summed E-state index contributed by atoms with van der Waals surface area (Å²) in [5.41, 5.74) is 3.67. The molecule has 1 unspecified atom stereocenters. The summed E-state index contributed by atoms with van der Waals surface area (Å²) in [7, 11) is 0. The van der Waals surface area contributed by atoms with Crippen LogP contribution in [-0.2, 0) is 6.42 Å². The summed E-state index contributed by atoms with van der Waals surface area (Å²) in [6, 6.07) is 5.28. The molecule has 118 valence electrons. The standard InChI is InChI=1S/C17H26BrFN2/c1-2-3-12-4-6-13(7-5-12)17(21-20)11-14-10-15(18)8-9-16(14)19/h8-10,12-13,17,21H,2-7,11,20H2,1H3. The van der Waals surface area contributed by atoms with E-state index in [2.05, 4.69) is 28.3 Å². The van der Waals surface area contributed by atoms with Gasteiger partial charge in [-0.2, -0.15) is 0 Å². The third-order valence-electron chi connectivity index (χ3n) is 4.82. The fourth-order valence-electron chi connectivity index (χ4n) is 3.59. The van der Waals surface area contributed by atoms with Crippen LogP contribution in [0.4, 0.5) is 4.39 Å². The average Bonchev–Trinajstić information content (AvgIpc) is 2.49. The van der Waals surface area contributed by atoms with Crippen molar-refractivity contribution in [2.45, 2.75) is 57.9 Å². The topological polar surface area (TPSA) is 38.0 Å². The fourth-order valence-corrected chi connectivity index (χ4v) is 3.99. The Labute approximate surface area is 135 Å². The number of benzene rings is 1. The summed E-state index contributed by atoms with van der Waals surface area (Å²) in [6.45, 7) is 2.26. The predicted molar refractivity (Wildman–Crippen MR) is 89.3 cm³/mol. The highest BCUT2D eigenvalue weighted by atomic mass is 79.9. The highest BCUT2D eigenvalue weighted by Crippen LogP contribution is 2.34. The Morgan fingerprint density at radius 3 is 2.67 bits per heavy atom. The molecule has 3 N–H and O–H groups in total. The molecule has 1 fully saturated rings. The van der Waals surface area contributed by atoms with E-state index in [-0.39, 0.29) is 11.9 Å². The average molecular weight is 357 g/mol. The van der Waals surface area contributed by atoms with Gasteiger partial charge in [-0.15, -0.1) is 0 Å². The van der Waals surface area contributed by atoms with E-state index in [9.17, 15) is 4.39 Å². The zero-order valence-corrected chi connectivity index (χ0v) is 14.3. The van der Waals surface area contributed by atoms with Crippen LogP contribution in [0.3, 0.4) is 0 Å². The van der Waals surface area contributed by atoms with Crippen LogP contribution >= 0.6 is 15.9 Å². The fraction of sp³-hybridized carbons (Fsp3) is 0.647. The van der Waals surface area contributed by atoms with Crippen LogP contribution < -0.4 is 11.3 Å². The molecule has 0 bridgehead atoms. The summed E-state index contributed by atoms with van der Waals surface area (Å²) in [6.07, 6.45) is 8.26. The minimum Gasteiger partial charge on any atom is -0.271 e. The van der Waals surface area contributed by atoms with E-state index in [1.54, 1.807) is 6.07 Å². The minimum absolute atomic E-state index is 0.141. The first kappa shape index (κ1) is 16.9. The van der Waals surface area contributed by atoms with Crippen molar-refractivity contribution in [2.24, 2.45) is 17.7 Å². The summed E-state index contributed by atoms with van der Waals surface area (Å²) in [5, 5.41) is 0. The van der Waals surface area contributed by atoms with Crippen molar-refractivity contribution in [3.63, 3.8) is 0 Å². The molecule has 2 nitrogen and oxygen atoms in total. The summed E-state index contributed by atoms with van der Waals surface area (Å²) < 4.78 is 14.8. The van der Waals surface area contributed by atoms with Crippen LogP contribution in [0.25, 0.3) is 0 Å².